The number of aliphatic hydroxyl groups is 2. The van der Waals surface area contributed by atoms with Crippen LogP contribution in [0.2, 0.25) is 0 Å². The summed E-state index contributed by atoms with van der Waals surface area (Å²) in [6, 6.07) is -1.18. The molecule has 18 nitrogen and oxygen atoms in total. The van der Waals surface area contributed by atoms with Crippen molar-refractivity contribution in [1.82, 2.24) is 15.1 Å². The molecule has 2 amide bonds. The van der Waals surface area contributed by atoms with Gasteiger partial charge in [0, 0.05) is 64.4 Å². The zero-order valence-electron chi connectivity index (χ0n) is 48.8. The number of piperidine rings is 2. The fraction of sp³-hybridized carbons (Fsp3) is 0.770. The number of fused-ring (bicyclic) bond motifs is 3. The second kappa shape index (κ2) is 30.8. The van der Waals surface area contributed by atoms with Gasteiger partial charge in [-0.1, -0.05) is 77.5 Å². The van der Waals surface area contributed by atoms with Crippen molar-refractivity contribution in [3.8, 4) is 0 Å². The molecule has 1 aliphatic carbocycles. The van der Waals surface area contributed by atoms with Crippen molar-refractivity contribution in [3.05, 3.63) is 47.6 Å². The number of amides is 2. The highest BCUT2D eigenvalue weighted by molar-refractivity contribution is 6.39. The van der Waals surface area contributed by atoms with Crippen LogP contribution in [-0.4, -0.2) is 176 Å². The Kier molecular flexibility index (Phi) is 25.0. The average molecular weight is 1110 g/mol. The van der Waals surface area contributed by atoms with Crippen LogP contribution in [0, 0.1) is 35.5 Å². The van der Waals surface area contributed by atoms with Gasteiger partial charge in [0.2, 0.25) is 5.79 Å². The number of allylic oxidation sites excluding steroid dienone is 6. The molecule has 3 N–H and O–H groups in total. The number of carbonyl (C=O) groups excluding carboxylic acids is 6. The first-order valence-corrected chi connectivity index (χ1v) is 29.6. The predicted octanol–water partition coefficient (Wildman–Crippen LogP) is 7.17. The maximum absolute atomic E-state index is 14.7. The molecule has 0 radical (unpaired) electrons. The molecule has 18 heteroatoms. The molecular formula is C61H95N3O15. The van der Waals surface area contributed by atoms with Crippen molar-refractivity contribution in [2.45, 2.75) is 205 Å². The van der Waals surface area contributed by atoms with E-state index in [2.05, 4.69) is 10.2 Å². The second-order valence-electron chi connectivity index (χ2n) is 23.9. The minimum Gasteiger partial charge on any atom is -0.460 e. The maximum Gasteiger partial charge on any atom is 0.407 e. The lowest BCUT2D eigenvalue weighted by atomic mass is 9.78. The number of aliphatic hydroxyl groups excluding tert-OH is 1. The van der Waals surface area contributed by atoms with Gasteiger partial charge < -0.3 is 58.5 Å². The number of alkyl carbamates (subject to hydrolysis) is 1. The summed E-state index contributed by atoms with van der Waals surface area (Å²) < 4.78 is 42.0. The van der Waals surface area contributed by atoms with E-state index in [0.717, 1.165) is 38.0 Å². The monoisotopic (exact) mass is 1110 g/mol. The van der Waals surface area contributed by atoms with Crippen LogP contribution in [0.4, 0.5) is 4.79 Å². The highest BCUT2D eigenvalue weighted by Gasteiger charge is 2.53. The minimum absolute atomic E-state index is 0.00430. The van der Waals surface area contributed by atoms with Gasteiger partial charge in [-0.2, -0.15) is 0 Å². The van der Waals surface area contributed by atoms with E-state index < -0.39 is 102 Å². The molecule has 5 aliphatic heterocycles. The number of ether oxygens (including phenoxy) is 7. The van der Waals surface area contributed by atoms with Gasteiger partial charge >= 0.3 is 12.1 Å². The Bertz CT molecular complexity index is 2170. The van der Waals surface area contributed by atoms with E-state index in [1.54, 1.807) is 34.0 Å². The van der Waals surface area contributed by atoms with E-state index in [0.29, 0.717) is 89.5 Å². The van der Waals surface area contributed by atoms with E-state index in [-0.39, 0.29) is 48.9 Å². The fourth-order valence-electron chi connectivity index (χ4n) is 12.3. The fourth-order valence-corrected chi connectivity index (χ4v) is 12.3. The first-order chi connectivity index (χ1) is 37.7. The summed E-state index contributed by atoms with van der Waals surface area (Å²) in [6.07, 6.45) is 13.8. The van der Waals surface area contributed by atoms with Crippen LogP contribution in [0.25, 0.3) is 0 Å². The van der Waals surface area contributed by atoms with Crippen LogP contribution in [0.5, 0.6) is 0 Å². The molecule has 0 aromatic rings. The van der Waals surface area contributed by atoms with E-state index in [9.17, 15) is 39.0 Å². The number of rotatable bonds is 11. The summed E-state index contributed by atoms with van der Waals surface area (Å²) in [5.41, 5.74) is 1.25. The van der Waals surface area contributed by atoms with Crippen LogP contribution in [0.3, 0.4) is 0 Å². The van der Waals surface area contributed by atoms with Gasteiger partial charge in [-0.3, -0.25) is 19.2 Å². The number of ketones is 3. The van der Waals surface area contributed by atoms with E-state index in [1.807, 2.05) is 58.1 Å². The molecule has 6 aliphatic rings. The zero-order chi connectivity index (χ0) is 57.4. The van der Waals surface area contributed by atoms with Crippen molar-refractivity contribution in [2.24, 2.45) is 35.5 Å². The smallest absolute Gasteiger partial charge is 0.407 e. The molecule has 0 spiro atoms. The molecule has 0 aromatic carbocycles. The molecule has 5 heterocycles. The number of nitrogens with zero attached hydrogens (tertiary/aromatic N) is 2. The molecule has 79 heavy (non-hydrogen) atoms. The number of Topliss-reactive ketones (excluding diaryl/α,β-unsaturated/α-hetero) is 3. The number of hydrogen-bond donors (Lipinski definition) is 3. The average Bonchev–Trinajstić information content (AvgIpc) is 3.50. The summed E-state index contributed by atoms with van der Waals surface area (Å²) in [7, 11) is 2.98. The van der Waals surface area contributed by atoms with Gasteiger partial charge in [0.05, 0.1) is 31.5 Å². The molecule has 2 bridgehead atoms. The Labute approximate surface area is 469 Å². The molecule has 6 rings (SSSR count). The molecule has 2 unspecified atom stereocenters. The Morgan fingerprint density at radius 2 is 1.58 bits per heavy atom. The van der Waals surface area contributed by atoms with Crippen LogP contribution >= 0.6 is 0 Å². The highest BCUT2D eigenvalue weighted by Crippen LogP contribution is 2.38. The lowest BCUT2D eigenvalue weighted by molar-refractivity contribution is -0.267. The number of methoxy groups -OCH3 is 2. The SMILES string of the molecule is CO[C@@H]1C[C@H](C[C@@H](C)[C@@H]2CC(=O)[C@H](C)/C=C(\C)[C@@H](O)[C@@H](OC)C(=O)[C@H](C)C[C@H](C)/C=C/C=C/C=C(\C)C(OC3COC3)C[C@@H]3CC[C@@H](C)[C@@](O)(O3)C(=O)C(=O)N3CCCCC3C(=O)O2)CC[C@H]1OC(=O)NCCN1CCCCC1. The number of nitrogens with one attached hydrogen (secondary N) is 1. The Morgan fingerprint density at radius 1 is 0.848 bits per heavy atom. The number of cyclic esters (lactones) is 1. The van der Waals surface area contributed by atoms with Crippen LogP contribution < -0.4 is 5.32 Å². The maximum atomic E-state index is 14.7. The molecule has 5 fully saturated rings. The summed E-state index contributed by atoms with van der Waals surface area (Å²) in [4.78, 5) is 88.5. The van der Waals surface area contributed by atoms with E-state index in [4.69, 9.17) is 33.2 Å². The van der Waals surface area contributed by atoms with Crippen LogP contribution in [-0.2, 0) is 57.1 Å². The normalized spacial score (nSPS) is 37.7. The van der Waals surface area contributed by atoms with E-state index >= 15 is 0 Å². The lowest BCUT2D eigenvalue weighted by Gasteiger charge is -2.43. The summed E-state index contributed by atoms with van der Waals surface area (Å²) in [5, 5.41) is 26.7. The predicted molar refractivity (Wildman–Crippen MR) is 296 cm³/mol. The number of likely N-dealkylation sites (tertiary alicyclic amines) is 1. The summed E-state index contributed by atoms with van der Waals surface area (Å²) in [5.74, 6) is -8.31. The number of esters is 1. The van der Waals surface area contributed by atoms with Crippen LogP contribution in [0.1, 0.15) is 145 Å². The van der Waals surface area contributed by atoms with Crippen molar-refractivity contribution in [1.29, 1.82) is 0 Å². The highest BCUT2D eigenvalue weighted by atomic mass is 16.6. The first-order valence-electron chi connectivity index (χ1n) is 29.6. The topological polar surface area (TPSA) is 226 Å². The van der Waals surface area contributed by atoms with Gasteiger partial charge in [0.1, 0.15) is 42.3 Å². The second-order valence-corrected chi connectivity index (χ2v) is 23.9. The van der Waals surface area contributed by atoms with Crippen molar-refractivity contribution in [3.63, 3.8) is 0 Å². The number of carbonyl (C=O) groups is 6. The lowest BCUT2D eigenvalue weighted by Crippen LogP contribution is -2.61. The van der Waals surface area contributed by atoms with Gasteiger partial charge in [0.25, 0.3) is 11.7 Å². The Hall–Kier alpha value is -4.14. The summed E-state index contributed by atoms with van der Waals surface area (Å²) in [6.45, 7) is 17.0. The standard InChI is InChI=1S/C61H95N3O15/c1-38-18-12-10-13-19-39(2)51(76-47-36-75-37-47)34-46-23-21-44(7)61(72,79-46)57(68)58(69)64-28-17-14-20-48(64)59(70)77-52(35-49(65)40(3)31-43(6)55(67)56(74-9)54(66)42(5)30-38)41(4)32-45-22-24-50(53(33-45)73-8)78-60(71)62-25-29-63-26-15-11-16-27-63/h10,12-13,18-19,31,38,40-42,44-48,50-53,55-56,67,72H,11,14-17,20-30,32-37H2,1-9H3,(H,62,71)/b13-10+,18-12+,39-19+,43-31+/t38-,40-,41-,42-,44-,45+,46+,48?,50-,51?,52+,53-,55-,56+,61-/m1/s1. The third kappa shape index (κ3) is 17.9. The largest absolute Gasteiger partial charge is 0.460 e. The Morgan fingerprint density at radius 3 is 2.28 bits per heavy atom. The van der Waals surface area contributed by atoms with Gasteiger partial charge in [-0.15, -0.1) is 0 Å². The van der Waals surface area contributed by atoms with Crippen molar-refractivity contribution < 1.29 is 72.1 Å². The van der Waals surface area contributed by atoms with E-state index in [1.165, 1.54) is 18.4 Å². The van der Waals surface area contributed by atoms with Gasteiger partial charge in [-0.05, 0) is 133 Å². The molecule has 4 saturated heterocycles. The van der Waals surface area contributed by atoms with Crippen molar-refractivity contribution in [2.75, 3.05) is 60.2 Å². The molecule has 444 valence electrons. The third-order valence-electron chi connectivity index (χ3n) is 17.5. The Balaban J connectivity index is 1.24. The molecule has 0 aromatic heterocycles. The van der Waals surface area contributed by atoms with Crippen LogP contribution in [0.15, 0.2) is 47.6 Å². The quantitative estimate of drug-likeness (QED) is 0.106. The third-order valence-corrected chi connectivity index (χ3v) is 17.5. The minimum atomic E-state index is -2.47. The molecular weight excluding hydrogens is 1010 g/mol. The zero-order valence-corrected chi connectivity index (χ0v) is 48.8. The van der Waals surface area contributed by atoms with Crippen molar-refractivity contribution >= 4 is 35.3 Å². The van der Waals surface area contributed by atoms with Gasteiger partial charge in [-0.25, -0.2) is 9.59 Å². The summed E-state index contributed by atoms with van der Waals surface area (Å²) >= 11 is 0. The van der Waals surface area contributed by atoms with Gasteiger partial charge in [0.15, 0.2) is 5.78 Å². The number of hydrogen-bond acceptors (Lipinski definition) is 16. The molecule has 15 atom stereocenters. The molecule has 1 saturated carbocycles. The first kappa shape index (κ1) is 64.0.